The Kier molecular flexibility index (Phi) is 5.77. The van der Waals surface area contributed by atoms with E-state index in [0.29, 0.717) is 28.7 Å². The van der Waals surface area contributed by atoms with Crippen LogP contribution in [-0.4, -0.2) is 37.3 Å². The van der Waals surface area contributed by atoms with Crippen molar-refractivity contribution in [2.24, 2.45) is 0 Å². The molecule has 0 radical (unpaired) electrons. The molecule has 2 nitrogen and oxygen atoms in total. The van der Waals surface area contributed by atoms with Crippen molar-refractivity contribution >= 4 is 23.2 Å². The summed E-state index contributed by atoms with van der Waals surface area (Å²) in [5.74, 6) is 0. The maximum Gasteiger partial charge on any atom is 0.389 e. The first-order valence-electron chi connectivity index (χ1n) is 6.84. The summed E-state index contributed by atoms with van der Waals surface area (Å²) in [6, 6.07) is 4.64. The van der Waals surface area contributed by atoms with Crippen molar-refractivity contribution in [2.45, 2.75) is 25.1 Å². The zero-order valence-electron chi connectivity index (χ0n) is 11.4. The fourth-order valence-corrected chi connectivity index (χ4v) is 3.28. The lowest BCUT2D eigenvalue weighted by molar-refractivity contribution is -0.138. The predicted molar refractivity (Wildman–Crippen MR) is 78.9 cm³/mol. The molecule has 0 amide bonds. The van der Waals surface area contributed by atoms with Crippen LogP contribution in [0.25, 0.3) is 0 Å². The van der Waals surface area contributed by atoms with Crippen molar-refractivity contribution in [3.05, 3.63) is 33.8 Å². The van der Waals surface area contributed by atoms with Gasteiger partial charge in [-0.15, -0.1) is 0 Å². The molecule has 1 aliphatic heterocycles. The summed E-state index contributed by atoms with van der Waals surface area (Å²) in [4.78, 5) is 2.02. The van der Waals surface area contributed by atoms with Crippen LogP contribution in [0.4, 0.5) is 13.2 Å². The summed E-state index contributed by atoms with van der Waals surface area (Å²) >= 11 is 12.4. The Morgan fingerprint density at radius 2 is 1.71 bits per heavy atom. The molecule has 1 saturated heterocycles. The molecule has 0 bridgehead atoms. The maximum absolute atomic E-state index is 12.6. The molecule has 7 heteroatoms. The Labute approximate surface area is 132 Å². The van der Waals surface area contributed by atoms with Gasteiger partial charge in [-0.25, -0.2) is 0 Å². The van der Waals surface area contributed by atoms with Crippen LogP contribution in [0.5, 0.6) is 0 Å². The summed E-state index contributed by atoms with van der Waals surface area (Å²) < 4.78 is 37.8. The molecule has 1 atom stereocenters. The number of alkyl halides is 3. The molecule has 118 valence electrons. The second-order valence-corrected chi connectivity index (χ2v) is 5.91. The van der Waals surface area contributed by atoms with Crippen molar-refractivity contribution in [1.29, 1.82) is 0 Å². The molecule has 0 saturated carbocycles. The second-order valence-electron chi connectivity index (χ2n) is 5.09. The Bertz CT molecular complexity index is 454. The number of benzene rings is 1. The number of hydrogen-bond acceptors (Lipinski definition) is 2. The van der Waals surface area contributed by atoms with Gasteiger partial charge in [0.05, 0.1) is 0 Å². The molecule has 0 spiro atoms. The fourth-order valence-electron chi connectivity index (χ4n) is 2.63. The summed E-state index contributed by atoms with van der Waals surface area (Å²) in [6.07, 6.45) is -5.06. The fraction of sp³-hybridized carbons (Fsp3) is 0.571. The largest absolute Gasteiger partial charge is 0.389 e. The molecule has 1 aromatic rings. The van der Waals surface area contributed by atoms with E-state index in [4.69, 9.17) is 23.2 Å². The quantitative estimate of drug-likeness (QED) is 0.879. The molecule has 0 aliphatic carbocycles. The second kappa shape index (κ2) is 7.18. The van der Waals surface area contributed by atoms with Crippen molar-refractivity contribution in [3.63, 3.8) is 0 Å². The van der Waals surface area contributed by atoms with Gasteiger partial charge in [-0.2, -0.15) is 13.2 Å². The molecule has 21 heavy (non-hydrogen) atoms. The lowest BCUT2D eigenvalue weighted by Gasteiger charge is -2.36. The molecular weight excluding hydrogens is 324 g/mol. The number of halogens is 5. The van der Waals surface area contributed by atoms with Gasteiger partial charge in [0, 0.05) is 54.3 Å². The van der Waals surface area contributed by atoms with Gasteiger partial charge in [-0.05, 0) is 18.6 Å². The predicted octanol–water partition coefficient (Wildman–Crippen LogP) is 4.28. The lowest BCUT2D eigenvalue weighted by Crippen LogP contribution is -2.45. The van der Waals surface area contributed by atoms with E-state index in [9.17, 15) is 13.2 Å². The smallest absolute Gasteiger partial charge is 0.314 e. The number of hydrogen-bond donors (Lipinski definition) is 1. The normalized spacial score (nSPS) is 18.7. The van der Waals surface area contributed by atoms with Gasteiger partial charge < -0.3 is 5.32 Å². The van der Waals surface area contributed by atoms with Gasteiger partial charge in [-0.1, -0.05) is 29.3 Å². The summed E-state index contributed by atoms with van der Waals surface area (Å²) in [7, 11) is 0. The molecule has 1 fully saturated rings. The molecular formula is C14H17Cl2F3N2. The van der Waals surface area contributed by atoms with E-state index in [-0.39, 0.29) is 6.42 Å². The van der Waals surface area contributed by atoms with E-state index >= 15 is 0 Å². The van der Waals surface area contributed by atoms with Crippen molar-refractivity contribution in [2.75, 3.05) is 26.2 Å². The number of nitrogens with one attached hydrogen (secondary N) is 1. The Hall–Kier alpha value is -0.490. The molecule has 0 aromatic heterocycles. The third-order valence-corrected chi connectivity index (χ3v) is 4.29. The zero-order valence-corrected chi connectivity index (χ0v) is 12.9. The zero-order chi connectivity index (χ0) is 15.5. The summed E-state index contributed by atoms with van der Waals surface area (Å²) in [5.41, 5.74) is 0.604. The van der Waals surface area contributed by atoms with E-state index < -0.39 is 18.6 Å². The van der Waals surface area contributed by atoms with Crippen LogP contribution in [0, 0.1) is 0 Å². The minimum Gasteiger partial charge on any atom is -0.314 e. The highest BCUT2D eigenvalue weighted by molar-refractivity contribution is 6.36. The molecule has 1 heterocycles. The third-order valence-electron chi connectivity index (χ3n) is 3.63. The van der Waals surface area contributed by atoms with E-state index in [1.165, 1.54) is 0 Å². The average molecular weight is 341 g/mol. The van der Waals surface area contributed by atoms with Crippen molar-refractivity contribution in [3.8, 4) is 0 Å². The van der Waals surface area contributed by atoms with E-state index in [0.717, 1.165) is 13.1 Å². The Balaban J connectivity index is 2.26. The molecule has 1 N–H and O–H groups in total. The first-order valence-corrected chi connectivity index (χ1v) is 7.59. The lowest BCUT2D eigenvalue weighted by atomic mass is 9.99. The molecule has 0 unspecified atom stereocenters. The van der Waals surface area contributed by atoms with Gasteiger partial charge >= 0.3 is 6.18 Å². The highest BCUT2D eigenvalue weighted by atomic mass is 35.5. The third kappa shape index (κ3) is 4.74. The average Bonchev–Trinajstić information content (AvgIpc) is 2.42. The minimum atomic E-state index is -4.18. The number of rotatable bonds is 4. The van der Waals surface area contributed by atoms with Gasteiger partial charge in [0.2, 0.25) is 0 Å². The molecule has 1 aliphatic rings. The SMILES string of the molecule is FC(F)(F)CC[C@H](c1c(Cl)cccc1Cl)N1CCNCC1. The highest BCUT2D eigenvalue weighted by Gasteiger charge is 2.32. The minimum absolute atomic E-state index is 0.0348. The van der Waals surface area contributed by atoms with Gasteiger partial charge in [0.1, 0.15) is 0 Å². The molecule has 2 rings (SSSR count). The number of piperazine rings is 1. The van der Waals surface area contributed by atoms with Crippen LogP contribution in [0.15, 0.2) is 18.2 Å². The summed E-state index contributed by atoms with van der Waals surface area (Å²) in [5, 5.41) is 4.04. The van der Waals surface area contributed by atoms with E-state index in [1.807, 2.05) is 4.90 Å². The first-order chi connectivity index (χ1) is 9.88. The monoisotopic (exact) mass is 340 g/mol. The Morgan fingerprint density at radius 1 is 1.14 bits per heavy atom. The van der Waals surface area contributed by atoms with Gasteiger partial charge in [-0.3, -0.25) is 4.90 Å². The van der Waals surface area contributed by atoms with Crippen molar-refractivity contribution < 1.29 is 13.2 Å². The van der Waals surface area contributed by atoms with Gasteiger partial charge in [0.25, 0.3) is 0 Å². The summed E-state index contributed by atoms with van der Waals surface area (Å²) in [6.45, 7) is 2.88. The number of nitrogens with zero attached hydrogens (tertiary/aromatic N) is 1. The van der Waals surface area contributed by atoms with Crippen LogP contribution < -0.4 is 5.32 Å². The van der Waals surface area contributed by atoms with Crippen LogP contribution in [0.3, 0.4) is 0 Å². The van der Waals surface area contributed by atoms with Crippen LogP contribution in [0.1, 0.15) is 24.4 Å². The topological polar surface area (TPSA) is 15.3 Å². The van der Waals surface area contributed by atoms with Gasteiger partial charge in [0.15, 0.2) is 0 Å². The van der Waals surface area contributed by atoms with Crippen molar-refractivity contribution in [1.82, 2.24) is 10.2 Å². The van der Waals surface area contributed by atoms with E-state index in [2.05, 4.69) is 5.32 Å². The van der Waals surface area contributed by atoms with Crippen LogP contribution in [-0.2, 0) is 0 Å². The maximum atomic E-state index is 12.6. The standard InChI is InChI=1S/C14H17Cl2F3N2/c15-10-2-1-3-11(16)13(10)12(4-5-14(17,18)19)21-8-6-20-7-9-21/h1-3,12,20H,4-9H2/t12-/m1/s1. The Morgan fingerprint density at radius 3 is 2.24 bits per heavy atom. The molecule has 1 aromatic carbocycles. The van der Waals surface area contributed by atoms with Crippen LogP contribution in [0.2, 0.25) is 10.0 Å². The highest BCUT2D eigenvalue weighted by Crippen LogP contribution is 2.38. The van der Waals surface area contributed by atoms with E-state index in [1.54, 1.807) is 18.2 Å². The first kappa shape index (κ1) is 16.9. The van der Waals surface area contributed by atoms with Crippen LogP contribution >= 0.6 is 23.2 Å².